The molecule has 1 aliphatic rings. The minimum absolute atomic E-state index is 0.188. The summed E-state index contributed by atoms with van der Waals surface area (Å²) in [5.41, 5.74) is 3.13. The van der Waals surface area contributed by atoms with Gasteiger partial charge < -0.3 is 9.47 Å². The monoisotopic (exact) mass is 409 g/mol. The second-order valence-electron chi connectivity index (χ2n) is 7.11. The Balaban J connectivity index is 2.15. The fourth-order valence-corrected chi connectivity index (χ4v) is 3.46. The molecule has 1 unspecified atom stereocenters. The second kappa shape index (κ2) is 8.98. The first-order chi connectivity index (χ1) is 14.4. The van der Waals surface area contributed by atoms with Crippen molar-refractivity contribution in [2.24, 2.45) is 5.10 Å². The molecular formula is C23H27N3O4. The van der Waals surface area contributed by atoms with E-state index in [4.69, 9.17) is 9.47 Å². The van der Waals surface area contributed by atoms with Crippen molar-refractivity contribution in [2.45, 2.75) is 39.8 Å². The molecule has 30 heavy (non-hydrogen) atoms. The third-order valence-electron chi connectivity index (χ3n) is 5.12. The second-order valence-corrected chi connectivity index (χ2v) is 7.11. The van der Waals surface area contributed by atoms with Crippen LogP contribution in [0.5, 0.6) is 0 Å². The lowest BCUT2D eigenvalue weighted by Crippen LogP contribution is -2.56. The van der Waals surface area contributed by atoms with Crippen molar-refractivity contribution >= 4 is 17.9 Å². The Bertz CT molecular complexity index is 958. The highest BCUT2D eigenvalue weighted by atomic mass is 16.6. The van der Waals surface area contributed by atoms with E-state index in [9.17, 15) is 9.59 Å². The summed E-state index contributed by atoms with van der Waals surface area (Å²) in [4.78, 5) is 25.4. The number of carbonyl (C=O) groups excluding carboxylic acids is 2. The maximum Gasteiger partial charge on any atom is 0.432 e. The molecule has 1 heterocycles. The maximum atomic E-state index is 12.9. The number of alkyl carbamates (subject to hydrolysis) is 1. The molecule has 0 fully saturated rings. The van der Waals surface area contributed by atoms with Crippen molar-refractivity contribution in [1.82, 2.24) is 10.3 Å². The Morgan fingerprint density at radius 3 is 2.37 bits per heavy atom. The van der Waals surface area contributed by atoms with E-state index in [2.05, 4.69) is 10.4 Å². The fraction of sp³-hybridized carbons (Fsp3) is 0.348. The van der Waals surface area contributed by atoms with Gasteiger partial charge in [0.1, 0.15) is 0 Å². The lowest BCUT2D eigenvalue weighted by Gasteiger charge is -2.36. The highest BCUT2D eigenvalue weighted by Gasteiger charge is 2.50. The van der Waals surface area contributed by atoms with Gasteiger partial charge in [0.15, 0.2) is 5.66 Å². The van der Waals surface area contributed by atoms with E-state index in [0.717, 1.165) is 22.3 Å². The summed E-state index contributed by atoms with van der Waals surface area (Å²) in [7, 11) is 0. The summed E-state index contributed by atoms with van der Waals surface area (Å²) in [5, 5.41) is 8.69. The summed E-state index contributed by atoms with van der Waals surface area (Å²) in [6.07, 6.45) is -0.995. The number of benzene rings is 2. The predicted octanol–water partition coefficient (Wildman–Crippen LogP) is 4.47. The Hall–Kier alpha value is -3.35. The van der Waals surface area contributed by atoms with Crippen LogP contribution in [0.4, 0.5) is 9.59 Å². The van der Waals surface area contributed by atoms with Crippen LogP contribution in [-0.4, -0.2) is 36.1 Å². The van der Waals surface area contributed by atoms with Crippen molar-refractivity contribution in [3.8, 4) is 0 Å². The molecule has 1 N–H and O–H groups in total. The fourth-order valence-electron chi connectivity index (χ4n) is 3.46. The zero-order valence-electron chi connectivity index (χ0n) is 17.8. The van der Waals surface area contributed by atoms with Gasteiger partial charge in [0, 0.05) is 12.0 Å². The average Bonchev–Trinajstić information content (AvgIpc) is 3.11. The van der Waals surface area contributed by atoms with E-state index >= 15 is 0 Å². The van der Waals surface area contributed by atoms with Crippen LogP contribution < -0.4 is 5.32 Å². The molecule has 0 aliphatic carbocycles. The van der Waals surface area contributed by atoms with Gasteiger partial charge in [-0.05, 0) is 44.4 Å². The average molecular weight is 409 g/mol. The van der Waals surface area contributed by atoms with Gasteiger partial charge in [0.25, 0.3) is 0 Å². The molecule has 0 spiro atoms. The first-order valence-corrected chi connectivity index (χ1v) is 10.0. The van der Waals surface area contributed by atoms with E-state index in [1.165, 1.54) is 5.01 Å². The predicted molar refractivity (Wildman–Crippen MR) is 114 cm³/mol. The molecule has 2 aromatic carbocycles. The third-order valence-corrected chi connectivity index (χ3v) is 5.12. The Morgan fingerprint density at radius 1 is 1.03 bits per heavy atom. The summed E-state index contributed by atoms with van der Waals surface area (Å²) in [5.74, 6) is 0. The molecule has 0 radical (unpaired) electrons. The normalized spacial score (nSPS) is 18.0. The molecule has 1 aliphatic heterocycles. The van der Waals surface area contributed by atoms with Crippen LogP contribution in [-0.2, 0) is 15.1 Å². The van der Waals surface area contributed by atoms with Crippen LogP contribution in [0.1, 0.15) is 42.5 Å². The molecule has 2 aromatic rings. The minimum Gasteiger partial charge on any atom is -0.450 e. The van der Waals surface area contributed by atoms with Crippen molar-refractivity contribution < 1.29 is 19.1 Å². The number of hydrogen-bond acceptors (Lipinski definition) is 5. The number of hydrazone groups is 1. The molecule has 158 valence electrons. The maximum absolute atomic E-state index is 12.9. The van der Waals surface area contributed by atoms with E-state index < -0.39 is 17.8 Å². The van der Waals surface area contributed by atoms with Crippen LogP contribution in [0.3, 0.4) is 0 Å². The molecule has 7 heteroatoms. The summed E-state index contributed by atoms with van der Waals surface area (Å²) in [6, 6.07) is 15.4. The number of rotatable bonds is 5. The molecule has 1 atom stereocenters. The zero-order valence-corrected chi connectivity index (χ0v) is 17.8. The van der Waals surface area contributed by atoms with Gasteiger partial charge in [-0.3, -0.25) is 5.32 Å². The molecule has 0 bridgehead atoms. The van der Waals surface area contributed by atoms with Crippen molar-refractivity contribution in [2.75, 3.05) is 13.2 Å². The zero-order chi connectivity index (χ0) is 21.7. The Kier molecular flexibility index (Phi) is 6.40. The standard InChI is InChI=1S/C23H27N3O4/c1-5-29-21(27)24-23(19-13-12-16(3)17(4)14-19)15-20(18-10-8-7-9-11-18)25-26(23)22(28)30-6-2/h7-14H,5-6,15H2,1-4H3,(H,24,27). The van der Waals surface area contributed by atoms with Crippen LogP contribution in [0.25, 0.3) is 0 Å². The van der Waals surface area contributed by atoms with Gasteiger partial charge >= 0.3 is 12.2 Å². The van der Waals surface area contributed by atoms with E-state index in [-0.39, 0.29) is 19.6 Å². The summed E-state index contributed by atoms with van der Waals surface area (Å²) < 4.78 is 10.4. The van der Waals surface area contributed by atoms with Crippen LogP contribution in [0, 0.1) is 13.8 Å². The molecule has 0 saturated carbocycles. The van der Waals surface area contributed by atoms with Crippen molar-refractivity contribution in [3.63, 3.8) is 0 Å². The van der Waals surface area contributed by atoms with Crippen LogP contribution in [0.15, 0.2) is 53.6 Å². The SMILES string of the molecule is CCOC(=O)NC1(c2ccc(C)c(C)c2)CC(c2ccccc2)=NN1C(=O)OCC. The van der Waals surface area contributed by atoms with Gasteiger partial charge in [0.2, 0.25) is 0 Å². The lowest BCUT2D eigenvalue weighted by molar-refractivity contribution is 0.0428. The van der Waals surface area contributed by atoms with E-state index in [1.54, 1.807) is 13.8 Å². The van der Waals surface area contributed by atoms with Gasteiger partial charge in [-0.25, -0.2) is 9.59 Å². The number of amides is 2. The minimum atomic E-state index is -1.26. The van der Waals surface area contributed by atoms with Gasteiger partial charge in [-0.1, -0.05) is 48.5 Å². The van der Waals surface area contributed by atoms with Crippen LogP contribution in [0.2, 0.25) is 0 Å². The van der Waals surface area contributed by atoms with E-state index in [1.807, 2.05) is 62.4 Å². The molecular weight excluding hydrogens is 382 g/mol. The highest BCUT2D eigenvalue weighted by Crippen LogP contribution is 2.38. The molecule has 0 saturated heterocycles. The highest BCUT2D eigenvalue weighted by molar-refractivity contribution is 6.03. The van der Waals surface area contributed by atoms with Gasteiger partial charge in [0.05, 0.1) is 18.9 Å². The molecule has 7 nitrogen and oxygen atoms in total. The van der Waals surface area contributed by atoms with Gasteiger partial charge in [-0.15, -0.1) is 0 Å². The Labute approximate surface area is 176 Å². The first kappa shape index (κ1) is 21.4. The number of nitrogens with zero attached hydrogens (tertiary/aromatic N) is 2. The molecule has 2 amide bonds. The largest absolute Gasteiger partial charge is 0.450 e. The summed E-state index contributed by atoms with van der Waals surface area (Å²) in [6.45, 7) is 7.85. The van der Waals surface area contributed by atoms with Crippen molar-refractivity contribution in [3.05, 3.63) is 70.8 Å². The first-order valence-electron chi connectivity index (χ1n) is 10.0. The third kappa shape index (κ3) is 4.15. The molecule has 3 rings (SSSR count). The number of ether oxygens (including phenoxy) is 2. The summed E-state index contributed by atoms with van der Waals surface area (Å²) >= 11 is 0. The Morgan fingerprint density at radius 2 is 1.73 bits per heavy atom. The van der Waals surface area contributed by atoms with Gasteiger partial charge in [-0.2, -0.15) is 10.1 Å². The number of aryl methyl sites for hydroxylation is 2. The smallest absolute Gasteiger partial charge is 0.432 e. The number of nitrogens with one attached hydrogen (secondary N) is 1. The number of carbonyl (C=O) groups is 2. The quantitative estimate of drug-likeness (QED) is 0.790. The van der Waals surface area contributed by atoms with Crippen LogP contribution >= 0.6 is 0 Å². The topological polar surface area (TPSA) is 80.2 Å². The molecule has 0 aromatic heterocycles. The lowest BCUT2D eigenvalue weighted by atomic mass is 9.90. The number of hydrogen-bond donors (Lipinski definition) is 1. The van der Waals surface area contributed by atoms with Crippen molar-refractivity contribution in [1.29, 1.82) is 0 Å². The van der Waals surface area contributed by atoms with E-state index in [0.29, 0.717) is 5.71 Å².